The molecule has 0 aliphatic heterocycles. The van der Waals surface area contributed by atoms with Gasteiger partial charge in [0.2, 0.25) is 0 Å². The van der Waals surface area contributed by atoms with Crippen LogP contribution in [-0.2, 0) is 6.42 Å². The van der Waals surface area contributed by atoms with Crippen LogP contribution in [0, 0.1) is 0 Å². The fraction of sp³-hybridized carbons (Fsp3) is 0.278. The van der Waals surface area contributed by atoms with Gasteiger partial charge in [-0.1, -0.05) is 42.5 Å². The molecule has 0 fully saturated rings. The van der Waals surface area contributed by atoms with Gasteiger partial charge in [0.25, 0.3) is 0 Å². The van der Waals surface area contributed by atoms with Crippen molar-refractivity contribution in [2.75, 3.05) is 6.54 Å². The molecule has 0 spiro atoms. The first kappa shape index (κ1) is 16.3. The molecule has 0 aliphatic rings. The van der Waals surface area contributed by atoms with Crippen molar-refractivity contribution in [3.8, 4) is 5.69 Å². The Morgan fingerprint density at radius 2 is 1.83 bits per heavy atom. The lowest BCUT2D eigenvalue weighted by molar-refractivity contribution is 0.168. The molecular formula is C18H21N5O. The standard InChI is InChI=1S/C18H21N5O/c1-14(19-12-18(24)11-15-5-3-2-4-6-15)16-7-9-17(10-8-16)23-13-20-21-22-23/h2-10,13-14,18-19,24H,11-12H2,1H3. The molecule has 2 unspecified atom stereocenters. The summed E-state index contributed by atoms with van der Waals surface area (Å²) in [5, 5.41) is 24.7. The Hall–Kier alpha value is -2.57. The van der Waals surface area contributed by atoms with E-state index in [1.54, 1.807) is 11.0 Å². The van der Waals surface area contributed by atoms with Crippen molar-refractivity contribution < 1.29 is 5.11 Å². The second-order valence-corrected chi connectivity index (χ2v) is 5.82. The Kier molecular flexibility index (Phi) is 5.30. The molecule has 24 heavy (non-hydrogen) atoms. The molecule has 2 atom stereocenters. The van der Waals surface area contributed by atoms with Crippen molar-refractivity contribution in [2.45, 2.75) is 25.5 Å². The summed E-state index contributed by atoms with van der Waals surface area (Å²) in [6, 6.07) is 18.2. The summed E-state index contributed by atoms with van der Waals surface area (Å²) in [6.45, 7) is 2.63. The quantitative estimate of drug-likeness (QED) is 0.695. The van der Waals surface area contributed by atoms with E-state index in [1.807, 2.05) is 54.6 Å². The van der Waals surface area contributed by atoms with Gasteiger partial charge in [-0.05, 0) is 47.0 Å². The van der Waals surface area contributed by atoms with Crippen LogP contribution in [0.5, 0.6) is 0 Å². The zero-order valence-electron chi connectivity index (χ0n) is 13.6. The largest absolute Gasteiger partial charge is 0.391 e. The number of aliphatic hydroxyl groups is 1. The van der Waals surface area contributed by atoms with Crippen LogP contribution < -0.4 is 5.32 Å². The normalized spacial score (nSPS) is 13.6. The third-order valence-corrected chi connectivity index (χ3v) is 3.98. The molecule has 0 bridgehead atoms. The average molecular weight is 323 g/mol. The Bertz CT molecular complexity index is 728. The number of hydrogen-bond acceptors (Lipinski definition) is 5. The molecule has 0 amide bonds. The fourth-order valence-corrected chi connectivity index (χ4v) is 2.58. The van der Waals surface area contributed by atoms with E-state index in [0.717, 1.165) is 16.8 Å². The predicted molar refractivity (Wildman–Crippen MR) is 91.7 cm³/mol. The zero-order chi connectivity index (χ0) is 16.8. The van der Waals surface area contributed by atoms with Crippen LogP contribution in [-0.4, -0.2) is 38.0 Å². The van der Waals surface area contributed by atoms with Gasteiger partial charge >= 0.3 is 0 Å². The number of aliphatic hydroxyl groups excluding tert-OH is 1. The molecule has 2 N–H and O–H groups in total. The van der Waals surface area contributed by atoms with Crippen LogP contribution in [0.1, 0.15) is 24.1 Å². The lowest BCUT2D eigenvalue weighted by atomic mass is 10.1. The van der Waals surface area contributed by atoms with E-state index in [-0.39, 0.29) is 6.04 Å². The molecule has 0 aliphatic carbocycles. The summed E-state index contributed by atoms with van der Waals surface area (Å²) in [5.74, 6) is 0. The first-order valence-electron chi connectivity index (χ1n) is 8.01. The highest BCUT2D eigenvalue weighted by Crippen LogP contribution is 2.15. The molecule has 1 aromatic heterocycles. The molecule has 3 aromatic rings. The Labute approximate surface area is 141 Å². The van der Waals surface area contributed by atoms with E-state index in [0.29, 0.717) is 13.0 Å². The summed E-state index contributed by atoms with van der Waals surface area (Å²) in [5.41, 5.74) is 3.21. The van der Waals surface area contributed by atoms with Gasteiger partial charge < -0.3 is 10.4 Å². The predicted octanol–water partition coefficient (Wildman–Crippen LogP) is 1.92. The molecule has 6 heteroatoms. The summed E-state index contributed by atoms with van der Waals surface area (Å²) >= 11 is 0. The van der Waals surface area contributed by atoms with Gasteiger partial charge in [-0.25, -0.2) is 4.68 Å². The van der Waals surface area contributed by atoms with Gasteiger partial charge in [0.15, 0.2) is 0 Å². The van der Waals surface area contributed by atoms with Crippen molar-refractivity contribution in [3.05, 3.63) is 72.1 Å². The maximum absolute atomic E-state index is 10.2. The van der Waals surface area contributed by atoms with Crippen LogP contribution in [0.4, 0.5) is 0 Å². The first-order valence-corrected chi connectivity index (χ1v) is 8.01. The monoisotopic (exact) mass is 323 g/mol. The van der Waals surface area contributed by atoms with Gasteiger partial charge in [0, 0.05) is 12.6 Å². The highest BCUT2D eigenvalue weighted by molar-refractivity contribution is 5.34. The number of aromatic nitrogens is 4. The average Bonchev–Trinajstić information content (AvgIpc) is 3.15. The molecule has 1 heterocycles. The summed E-state index contributed by atoms with van der Waals surface area (Å²) in [6.07, 6.45) is 1.81. The smallest absolute Gasteiger partial charge is 0.143 e. The zero-order valence-corrected chi connectivity index (χ0v) is 13.6. The molecule has 124 valence electrons. The highest BCUT2D eigenvalue weighted by Gasteiger charge is 2.10. The highest BCUT2D eigenvalue weighted by atomic mass is 16.3. The van der Waals surface area contributed by atoms with Crippen LogP contribution in [0.2, 0.25) is 0 Å². The molecule has 2 aromatic carbocycles. The maximum Gasteiger partial charge on any atom is 0.143 e. The number of rotatable bonds is 7. The van der Waals surface area contributed by atoms with Crippen LogP contribution in [0.3, 0.4) is 0 Å². The number of hydrogen-bond donors (Lipinski definition) is 2. The van der Waals surface area contributed by atoms with Crippen LogP contribution in [0.15, 0.2) is 60.9 Å². The van der Waals surface area contributed by atoms with E-state index >= 15 is 0 Å². The number of nitrogens with one attached hydrogen (secondary N) is 1. The van der Waals surface area contributed by atoms with Gasteiger partial charge in [0.1, 0.15) is 6.33 Å². The number of tetrazole rings is 1. The Morgan fingerprint density at radius 3 is 2.50 bits per heavy atom. The fourth-order valence-electron chi connectivity index (χ4n) is 2.58. The minimum absolute atomic E-state index is 0.151. The van der Waals surface area contributed by atoms with E-state index in [1.165, 1.54) is 0 Å². The van der Waals surface area contributed by atoms with Crippen molar-refractivity contribution in [2.24, 2.45) is 0 Å². The Balaban J connectivity index is 1.52. The second kappa shape index (κ2) is 7.81. The second-order valence-electron chi connectivity index (χ2n) is 5.82. The summed E-state index contributed by atoms with van der Waals surface area (Å²) in [7, 11) is 0. The van der Waals surface area contributed by atoms with Crippen molar-refractivity contribution in [1.82, 2.24) is 25.5 Å². The van der Waals surface area contributed by atoms with Crippen LogP contribution in [0.25, 0.3) is 5.69 Å². The lowest BCUT2D eigenvalue weighted by Gasteiger charge is -2.18. The minimum Gasteiger partial charge on any atom is -0.391 e. The molecule has 0 saturated heterocycles. The van der Waals surface area contributed by atoms with E-state index in [9.17, 15) is 5.11 Å². The van der Waals surface area contributed by atoms with Crippen molar-refractivity contribution >= 4 is 0 Å². The number of nitrogens with zero attached hydrogens (tertiary/aromatic N) is 4. The van der Waals surface area contributed by atoms with Gasteiger partial charge in [-0.3, -0.25) is 0 Å². The number of benzene rings is 2. The third kappa shape index (κ3) is 4.24. The molecule has 0 saturated carbocycles. The van der Waals surface area contributed by atoms with Crippen molar-refractivity contribution in [3.63, 3.8) is 0 Å². The van der Waals surface area contributed by atoms with E-state index < -0.39 is 6.10 Å². The maximum atomic E-state index is 10.2. The lowest BCUT2D eigenvalue weighted by Crippen LogP contribution is -2.30. The van der Waals surface area contributed by atoms with Gasteiger partial charge in [-0.15, -0.1) is 5.10 Å². The van der Waals surface area contributed by atoms with Gasteiger partial charge in [-0.2, -0.15) is 0 Å². The SMILES string of the molecule is CC(NCC(O)Cc1ccccc1)c1ccc(-n2cnnn2)cc1. The van der Waals surface area contributed by atoms with E-state index in [4.69, 9.17) is 0 Å². The van der Waals surface area contributed by atoms with Gasteiger partial charge in [0.05, 0.1) is 11.8 Å². The summed E-state index contributed by atoms with van der Waals surface area (Å²) < 4.78 is 1.62. The molecule has 6 nitrogen and oxygen atoms in total. The Morgan fingerprint density at radius 1 is 1.08 bits per heavy atom. The topological polar surface area (TPSA) is 75.9 Å². The van der Waals surface area contributed by atoms with E-state index in [2.05, 4.69) is 27.8 Å². The van der Waals surface area contributed by atoms with Crippen molar-refractivity contribution in [1.29, 1.82) is 0 Å². The molecular weight excluding hydrogens is 302 g/mol. The summed E-state index contributed by atoms with van der Waals surface area (Å²) in [4.78, 5) is 0. The van der Waals surface area contributed by atoms with Crippen LogP contribution >= 0.6 is 0 Å². The first-order chi connectivity index (χ1) is 11.7. The minimum atomic E-state index is -0.407. The molecule has 3 rings (SSSR count). The third-order valence-electron chi connectivity index (χ3n) is 3.98. The molecule has 0 radical (unpaired) electrons.